The summed E-state index contributed by atoms with van der Waals surface area (Å²) >= 11 is 1.40. The first-order valence-corrected chi connectivity index (χ1v) is 16.2. The van der Waals surface area contributed by atoms with E-state index < -0.39 is 10.0 Å². The van der Waals surface area contributed by atoms with Gasteiger partial charge in [0.25, 0.3) is 0 Å². The minimum Gasteiger partial charge on any atom is -0.356 e. The Morgan fingerprint density at radius 1 is 1.12 bits per heavy atom. The smallest absolute Gasteiger partial charge is 0.214 e. The van der Waals surface area contributed by atoms with Crippen LogP contribution in [0.2, 0.25) is 0 Å². The van der Waals surface area contributed by atoms with E-state index in [9.17, 15) is 12.8 Å². The molecule has 8 nitrogen and oxygen atoms in total. The molecule has 4 aromatic rings. The van der Waals surface area contributed by atoms with Crippen LogP contribution in [0, 0.1) is 11.2 Å². The number of imidazole rings is 1. The van der Waals surface area contributed by atoms with Gasteiger partial charge in [-0.2, -0.15) is 0 Å². The van der Waals surface area contributed by atoms with Crippen molar-refractivity contribution in [1.29, 1.82) is 0 Å². The van der Waals surface area contributed by atoms with E-state index in [1.165, 1.54) is 29.0 Å². The number of aromatic nitrogens is 3. The van der Waals surface area contributed by atoms with Crippen molar-refractivity contribution in [3.8, 4) is 11.3 Å². The van der Waals surface area contributed by atoms with Crippen LogP contribution in [0.1, 0.15) is 49.1 Å². The number of benzene rings is 1. The van der Waals surface area contributed by atoms with Crippen molar-refractivity contribution in [2.45, 2.75) is 45.1 Å². The van der Waals surface area contributed by atoms with Gasteiger partial charge in [-0.25, -0.2) is 27.1 Å². The van der Waals surface area contributed by atoms with Crippen LogP contribution in [0.25, 0.3) is 16.9 Å². The zero-order valence-corrected chi connectivity index (χ0v) is 24.9. The zero-order valence-electron chi connectivity index (χ0n) is 23.2. The standard InChI is InChI=1S/C29H36FN6O2S2/c1-4-25-27(18-31-29-33-26(20-39-29)22-6-9-24(30)10-7-22)36-19-23(8-11-28(36)32-25)21-12-15-35(16-13-21)40(37,38)17-5-14-34(2)3/h6-11,19,21H,4-5,12-18H2,1-3H3,(H,31,33). The largest absolute Gasteiger partial charge is 0.356 e. The SMILES string of the molecule is CCc1nc2ccc(C3CCN(S(=O)(=O)CCCN(C)C)CC3)cn2c1CNc1nc(-c2ccc(F)cc2)[c]s1. The number of hydrogen-bond acceptors (Lipinski definition) is 7. The highest BCUT2D eigenvalue weighted by Crippen LogP contribution is 2.31. The van der Waals surface area contributed by atoms with Crippen LogP contribution < -0.4 is 5.32 Å². The molecule has 1 N–H and O–H groups in total. The van der Waals surface area contributed by atoms with Gasteiger partial charge in [-0.15, -0.1) is 0 Å². The van der Waals surface area contributed by atoms with Crippen LogP contribution in [-0.4, -0.2) is 71.5 Å². The first kappa shape index (κ1) is 28.7. The molecule has 0 aliphatic carbocycles. The van der Waals surface area contributed by atoms with Gasteiger partial charge in [-0.3, -0.25) is 0 Å². The lowest BCUT2D eigenvalue weighted by atomic mass is 9.91. The summed E-state index contributed by atoms with van der Waals surface area (Å²) in [5, 5.41) is 7.36. The van der Waals surface area contributed by atoms with Crippen LogP contribution >= 0.6 is 11.3 Å². The third-order valence-corrected chi connectivity index (χ3v) is 10.1. The molecule has 1 aromatic carbocycles. The number of aryl methyl sites for hydroxylation is 1. The molecule has 5 rings (SSSR count). The Labute approximate surface area is 239 Å². The van der Waals surface area contributed by atoms with E-state index in [4.69, 9.17) is 4.98 Å². The molecule has 3 aromatic heterocycles. The van der Waals surface area contributed by atoms with Gasteiger partial charge in [0.1, 0.15) is 11.5 Å². The van der Waals surface area contributed by atoms with E-state index in [0.717, 1.165) is 53.5 Å². The number of hydrogen-bond donors (Lipinski definition) is 1. The zero-order chi connectivity index (χ0) is 28.3. The molecule has 0 unspecified atom stereocenters. The van der Waals surface area contributed by atoms with Gasteiger partial charge in [0.05, 0.1) is 34.8 Å². The maximum atomic E-state index is 13.3. The lowest BCUT2D eigenvalue weighted by Crippen LogP contribution is -2.39. The molecular weight excluding hydrogens is 547 g/mol. The van der Waals surface area contributed by atoms with Gasteiger partial charge in [0.15, 0.2) is 5.13 Å². The Bertz CT molecular complexity index is 1540. The average molecular weight is 584 g/mol. The highest BCUT2D eigenvalue weighted by Gasteiger charge is 2.28. The second kappa shape index (κ2) is 12.3. The number of rotatable bonds is 11. The monoisotopic (exact) mass is 583 g/mol. The van der Waals surface area contributed by atoms with Crippen LogP contribution in [-0.2, 0) is 23.0 Å². The molecule has 0 saturated carbocycles. The summed E-state index contributed by atoms with van der Waals surface area (Å²) in [6.07, 6.45) is 5.24. The van der Waals surface area contributed by atoms with Crippen molar-refractivity contribution >= 4 is 32.1 Å². The minimum atomic E-state index is -3.22. The summed E-state index contributed by atoms with van der Waals surface area (Å²) in [7, 11) is 0.705. The Kier molecular flexibility index (Phi) is 8.84. The minimum absolute atomic E-state index is 0.204. The van der Waals surface area contributed by atoms with E-state index in [0.29, 0.717) is 37.7 Å². The highest BCUT2D eigenvalue weighted by molar-refractivity contribution is 7.89. The predicted molar refractivity (Wildman–Crippen MR) is 159 cm³/mol. The molecule has 1 radical (unpaired) electrons. The third kappa shape index (κ3) is 6.54. The maximum Gasteiger partial charge on any atom is 0.214 e. The fourth-order valence-electron chi connectivity index (χ4n) is 5.24. The molecule has 0 atom stereocenters. The fraction of sp³-hybridized carbons (Fsp3) is 0.448. The topological polar surface area (TPSA) is 82.8 Å². The summed E-state index contributed by atoms with van der Waals surface area (Å²) in [4.78, 5) is 11.5. The molecule has 0 amide bonds. The summed E-state index contributed by atoms with van der Waals surface area (Å²) in [6.45, 7) is 4.55. The number of halogens is 1. The van der Waals surface area contributed by atoms with Gasteiger partial charge in [-0.1, -0.05) is 24.3 Å². The summed E-state index contributed by atoms with van der Waals surface area (Å²) in [5.74, 6) is 0.232. The number of sulfonamides is 1. The number of fused-ring (bicyclic) bond motifs is 1. The number of nitrogens with zero attached hydrogens (tertiary/aromatic N) is 5. The van der Waals surface area contributed by atoms with Crippen molar-refractivity contribution in [2.75, 3.05) is 44.8 Å². The molecule has 1 aliphatic rings. The van der Waals surface area contributed by atoms with Crippen molar-refractivity contribution < 1.29 is 12.8 Å². The molecule has 0 spiro atoms. The van der Waals surface area contributed by atoms with E-state index in [1.807, 2.05) is 19.0 Å². The first-order valence-electron chi connectivity index (χ1n) is 13.7. The average Bonchev–Trinajstić information content (AvgIpc) is 3.56. The molecule has 11 heteroatoms. The number of anilines is 1. The molecular formula is C29H36FN6O2S2. The summed E-state index contributed by atoms with van der Waals surface area (Å²) < 4.78 is 42.7. The van der Waals surface area contributed by atoms with Crippen LogP contribution in [0.5, 0.6) is 0 Å². The van der Waals surface area contributed by atoms with Crippen LogP contribution in [0.15, 0.2) is 42.6 Å². The van der Waals surface area contributed by atoms with E-state index in [2.05, 4.69) is 45.3 Å². The third-order valence-electron chi connectivity index (χ3n) is 7.47. The molecule has 40 heavy (non-hydrogen) atoms. The number of pyridine rings is 1. The van der Waals surface area contributed by atoms with Crippen LogP contribution in [0.3, 0.4) is 0 Å². The Morgan fingerprint density at radius 3 is 2.58 bits per heavy atom. The molecule has 1 saturated heterocycles. The first-order chi connectivity index (χ1) is 19.2. The molecule has 1 fully saturated rings. The lowest BCUT2D eigenvalue weighted by Gasteiger charge is -2.31. The van der Waals surface area contributed by atoms with E-state index in [-0.39, 0.29) is 11.6 Å². The molecule has 1 aliphatic heterocycles. The number of thiazole rings is 1. The van der Waals surface area contributed by atoms with Crippen molar-refractivity contribution in [2.24, 2.45) is 0 Å². The molecule has 213 valence electrons. The van der Waals surface area contributed by atoms with Gasteiger partial charge in [-0.05, 0) is 88.1 Å². The van der Waals surface area contributed by atoms with E-state index in [1.54, 1.807) is 16.4 Å². The Morgan fingerprint density at radius 2 is 1.88 bits per heavy atom. The normalized spacial score (nSPS) is 15.3. The van der Waals surface area contributed by atoms with Crippen LogP contribution in [0.4, 0.5) is 9.52 Å². The van der Waals surface area contributed by atoms with Gasteiger partial charge >= 0.3 is 0 Å². The van der Waals surface area contributed by atoms with Gasteiger partial charge in [0, 0.05) is 24.8 Å². The highest BCUT2D eigenvalue weighted by atomic mass is 32.2. The second-order valence-electron chi connectivity index (χ2n) is 10.5. The maximum absolute atomic E-state index is 13.3. The fourth-order valence-corrected chi connectivity index (χ4v) is 7.40. The molecule has 0 bridgehead atoms. The Balaban J connectivity index is 1.27. The Hall–Kier alpha value is -2.86. The lowest BCUT2D eigenvalue weighted by molar-refractivity contribution is 0.317. The molecule has 4 heterocycles. The summed E-state index contributed by atoms with van der Waals surface area (Å²) in [6, 6.07) is 10.5. The van der Waals surface area contributed by atoms with Crippen molar-refractivity contribution in [3.05, 3.63) is 70.7 Å². The summed E-state index contributed by atoms with van der Waals surface area (Å²) in [5.41, 5.74) is 5.73. The predicted octanol–water partition coefficient (Wildman–Crippen LogP) is 5.03. The van der Waals surface area contributed by atoms with E-state index >= 15 is 0 Å². The number of piperidine rings is 1. The van der Waals surface area contributed by atoms with Gasteiger partial charge in [0.2, 0.25) is 10.0 Å². The van der Waals surface area contributed by atoms with Gasteiger partial charge < -0.3 is 14.6 Å². The number of nitrogens with one attached hydrogen (secondary N) is 1. The van der Waals surface area contributed by atoms with Crippen molar-refractivity contribution in [1.82, 2.24) is 23.6 Å². The quantitative estimate of drug-likeness (QED) is 0.267. The second-order valence-corrected chi connectivity index (χ2v) is 13.4. The van der Waals surface area contributed by atoms with Crippen molar-refractivity contribution in [3.63, 3.8) is 0 Å².